The second-order valence-electron chi connectivity index (χ2n) is 10.9. The summed E-state index contributed by atoms with van der Waals surface area (Å²) in [4.78, 5) is 0. The van der Waals surface area contributed by atoms with E-state index in [1.807, 2.05) is 0 Å². The van der Waals surface area contributed by atoms with Crippen molar-refractivity contribution in [3.8, 4) is 22.5 Å². The summed E-state index contributed by atoms with van der Waals surface area (Å²) >= 11 is 0. The molecule has 0 aliphatic heterocycles. The van der Waals surface area contributed by atoms with Crippen LogP contribution >= 0.6 is 0 Å². The van der Waals surface area contributed by atoms with Gasteiger partial charge in [-0.25, -0.2) is 0 Å². The lowest BCUT2D eigenvalue weighted by atomic mass is 9.91. The Labute approximate surface area is 232 Å². The van der Waals surface area contributed by atoms with E-state index in [1.54, 1.807) is 0 Å². The fourth-order valence-electron chi connectivity index (χ4n) is 7.08. The molecule has 0 radical (unpaired) electrons. The smallest absolute Gasteiger partial charge is 0.0537 e. The van der Waals surface area contributed by atoms with E-state index in [0.29, 0.717) is 0 Å². The molecule has 0 saturated heterocycles. The van der Waals surface area contributed by atoms with E-state index in [2.05, 4.69) is 143 Å². The number of rotatable bonds is 2. The van der Waals surface area contributed by atoms with Crippen LogP contribution in [0.3, 0.4) is 0 Å². The van der Waals surface area contributed by atoms with Gasteiger partial charge in [0.25, 0.3) is 0 Å². The quantitative estimate of drug-likeness (QED) is 0.219. The number of hydrogen-bond donors (Lipinski definition) is 0. The highest BCUT2D eigenvalue weighted by Gasteiger charge is 2.30. The minimum absolute atomic E-state index is 0.994. The van der Waals surface area contributed by atoms with Crippen LogP contribution in [0.25, 0.3) is 65.9 Å². The lowest BCUT2D eigenvalue weighted by Crippen LogP contribution is -2.10. The average molecular weight is 511 g/mol. The summed E-state index contributed by atoms with van der Waals surface area (Å²) in [5, 5.41) is 7.75. The monoisotopic (exact) mass is 510 g/mol. The fourth-order valence-corrected chi connectivity index (χ4v) is 7.08. The first-order valence-electron chi connectivity index (χ1n) is 14.1. The minimum atomic E-state index is 0.994. The van der Waals surface area contributed by atoms with Gasteiger partial charge < -0.3 is 9.13 Å². The van der Waals surface area contributed by atoms with Gasteiger partial charge in [-0.3, -0.25) is 0 Å². The molecule has 0 amide bonds. The highest BCUT2D eigenvalue weighted by molar-refractivity contribution is 6.10. The Bertz CT molecular complexity index is 2110. The molecule has 2 nitrogen and oxygen atoms in total. The number of hydrogen-bond acceptors (Lipinski definition) is 0. The molecular weight excluding hydrogens is 484 g/mol. The van der Waals surface area contributed by atoms with Gasteiger partial charge in [-0.05, 0) is 70.8 Å². The van der Waals surface area contributed by atoms with Gasteiger partial charge in [0, 0.05) is 44.7 Å². The highest BCUT2D eigenvalue weighted by Crippen LogP contribution is 2.47. The summed E-state index contributed by atoms with van der Waals surface area (Å²) in [6, 6.07) is 48.9. The van der Waals surface area contributed by atoms with Gasteiger partial charge in [-0.2, -0.15) is 0 Å². The molecule has 0 N–H and O–H groups in total. The summed E-state index contributed by atoms with van der Waals surface area (Å²) in [7, 11) is 0. The number of aromatic nitrogens is 2. The zero-order valence-electron chi connectivity index (χ0n) is 22.0. The Balaban J connectivity index is 1.36. The first-order valence-corrected chi connectivity index (χ1v) is 14.1. The number of benzene rings is 6. The molecule has 0 saturated carbocycles. The Morgan fingerprint density at radius 2 is 0.775 bits per heavy atom. The van der Waals surface area contributed by atoms with Crippen molar-refractivity contribution in [3.63, 3.8) is 0 Å². The normalized spacial score (nSPS) is 12.8. The highest BCUT2D eigenvalue weighted by atomic mass is 15.0. The van der Waals surface area contributed by atoms with Crippen LogP contribution in [0.5, 0.6) is 0 Å². The molecule has 188 valence electrons. The van der Waals surface area contributed by atoms with Gasteiger partial charge >= 0.3 is 0 Å². The average Bonchev–Trinajstić information content (AvgIpc) is 3.53. The second kappa shape index (κ2) is 8.21. The maximum Gasteiger partial charge on any atom is 0.0537 e. The molecule has 0 bridgehead atoms. The van der Waals surface area contributed by atoms with Crippen molar-refractivity contribution >= 4 is 43.4 Å². The molecule has 9 rings (SSSR count). The number of para-hydroxylation sites is 2. The molecule has 0 atom stereocenters. The summed E-state index contributed by atoms with van der Waals surface area (Å²) in [6.45, 7) is 0. The third-order valence-electron chi connectivity index (χ3n) is 8.78. The molecule has 2 aromatic heterocycles. The van der Waals surface area contributed by atoms with Gasteiger partial charge in [-0.1, -0.05) is 97.1 Å². The van der Waals surface area contributed by atoms with E-state index in [9.17, 15) is 0 Å². The van der Waals surface area contributed by atoms with Crippen LogP contribution in [0.4, 0.5) is 0 Å². The Kier molecular flexibility index (Phi) is 4.48. The van der Waals surface area contributed by atoms with Crippen LogP contribution < -0.4 is 0 Å². The third-order valence-corrected chi connectivity index (χ3v) is 8.78. The predicted octanol–water partition coefficient (Wildman–Crippen LogP) is 9.65. The molecule has 2 heterocycles. The van der Waals surface area contributed by atoms with Crippen molar-refractivity contribution in [1.29, 1.82) is 0 Å². The molecule has 1 aliphatic carbocycles. The summed E-state index contributed by atoms with van der Waals surface area (Å²) in [5.74, 6) is 0. The van der Waals surface area contributed by atoms with Crippen LogP contribution in [-0.4, -0.2) is 9.13 Å². The maximum atomic E-state index is 2.52. The van der Waals surface area contributed by atoms with Crippen LogP contribution in [0.1, 0.15) is 11.4 Å². The van der Waals surface area contributed by atoms with Crippen LogP contribution in [-0.2, 0) is 12.8 Å². The van der Waals surface area contributed by atoms with Crippen molar-refractivity contribution < 1.29 is 0 Å². The molecule has 1 aliphatic rings. The van der Waals surface area contributed by atoms with E-state index >= 15 is 0 Å². The topological polar surface area (TPSA) is 9.86 Å². The SMILES string of the molecule is c1ccc2cc(-n3c4c(c5ccccc53)-c3c(n(-c5ccc6ccccc6c5)c5ccccc35)CC4)ccc2c1. The maximum absolute atomic E-state index is 2.52. The summed E-state index contributed by atoms with van der Waals surface area (Å²) in [6.07, 6.45) is 1.99. The first kappa shape index (κ1) is 21.8. The van der Waals surface area contributed by atoms with E-state index in [0.717, 1.165) is 12.8 Å². The van der Waals surface area contributed by atoms with E-state index in [4.69, 9.17) is 0 Å². The van der Waals surface area contributed by atoms with Crippen molar-refractivity contribution in [1.82, 2.24) is 9.13 Å². The van der Waals surface area contributed by atoms with Crippen LogP contribution in [0, 0.1) is 0 Å². The summed E-state index contributed by atoms with van der Waals surface area (Å²) in [5.41, 5.74) is 10.6. The molecule has 0 unspecified atom stereocenters. The van der Waals surface area contributed by atoms with Gasteiger partial charge in [0.05, 0.1) is 11.0 Å². The van der Waals surface area contributed by atoms with Gasteiger partial charge in [0.15, 0.2) is 0 Å². The first-order chi connectivity index (χ1) is 19.8. The Morgan fingerprint density at radius 3 is 1.25 bits per heavy atom. The number of fused-ring (bicyclic) bond motifs is 9. The molecule has 0 fully saturated rings. The van der Waals surface area contributed by atoms with Crippen molar-refractivity contribution in [2.24, 2.45) is 0 Å². The second-order valence-corrected chi connectivity index (χ2v) is 10.9. The van der Waals surface area contributed by atoms with Gasteiger partial charge in [0.2, 0.25) is 0 Å². The number of nitrogens with zero attached hydrogens (tertiary/aromatic N) is 2. The van der Waals surface area contributed by atoms with Gasteiger partial charge in [0.1, 0.15) is 0 Å². The molecular formula is C38H26N2. The lowest BCUT2D eigenvalue weighted by Gasteiger charge is -2.20. The molecule has 6 aromatic carbocycles. The third kappa shape index (κ3) is 2.99. The molecule has 0 spiro atoms. The largest absolute Gasteiger partial charge is 0.313 e. The van der Waals surface area contributed by atoms with Crippen LogP contribution in [0.15, 0.2) is 133 Å². The Morgan fingerprint density at radius 1 is 0.375 bits per heavy atom. The molecule has 2 heteroatoms. The minimum Gasteiger partial charge on any atom is -0.313 e. The molecule has 8 aromatic rings. The van der Waals surface area contributed by atoms with E-state index < -0.39 is 0 Å². The zero-order valence-corrected chi connectivity index (χ0v) is 22.0. The Hall–Kier alpha value is -5.08. The fraction of sp³-hybridized carbons (Fsp3) is 0.0526. The summed E-state index contributed by atoms with van der Waals surface area (Å²) < 4.78 is 5.03. The van der Waals surface area contributed by atoms with Crippen molar-refractivity contribution in [3.05, 3.63) is 145 Å². The van der Waals surface area contributed by atoms with Crippen LogP contribution in [0.2, 0.25) is 0 Å². The van der Waals surface area contributed by atoms with Crippen molar-refractivity contribution in [2.75, 3.05) is 0 Å². The van der Waals surface area contributed by atoms with Crippen molar-refractivity contribution in [2.45, 2.75) is 12.8 Å². The van der Waals surface area contributed by atoms with E-state index in [-0.39, 0.29) is 0 Å². The molecule has 40 heavy (non-hydrogen) atoms. The lowest BCUT2D eigenvalue weighted by molar-refractivity contribution is 0.823. The predicted molar refractivity (Wildman–Crippen MR) is 168 cm³/mol. The van der Waals surface area contributed by atoms with Gasteiger partial charge in [-0.15, -0.1) is 0 Å². The zero-order chi connectivity index (χ0) is 26.2. The standard InChI is InChI=1S/C38H26N2/c1-3-11-27-23-29(19-17-25(27)9-1)39-33-15-7-5-13-31(33)37-35(39)21-22-36-38(37)32-14-6-8-16-34(32)40(36)30-20-18-26-10-2-4-12-28(26)24-30/h1-20,23-24H,21-22H2. The van der Waals surface area contributed by atoms with E-state index in [1.165, 1.54) is 77.2 Å².